The molecule has 10 heteroatoms. The molecule has 3 atom stereocenters. The van der Waals surface area contributed by atoms with E-state index in [0.717, 1.165) is 22.9 Å². The summed E-state index contributed by atoms with van der Waals surface area (Å²) in [6, 6.07) is 10.7. The highest BCUT2D eigenvalue weighted by Crippen LogP contribution is 2.46. The largest absolute Gasteiger partial charge is 0.502 e. The number of carbonyl (C=O) groups is 1. The van der Waals surface area contributed by atoms with Crippen molar-refractivity contribution in [2.24, 2.45) is 0 Å². The molecular weight excluding hydrogens is 500 g/mol. The molecule has 1 unspecified atom stereocenters. The Morgan fingerprint density at radius 1 is 1.08 bits per heavy atom. The SMILES string of the molecule is COCC1CCC[C@@H]2N1C(=O)c1c(O)c(=O)ccn1N2[C@@H]1c2ccccc2SCc2c1ccc(F)c2F. The summed E-state index contributed by atoms with van der Waals surface area (Å²) in [7, 11) is 1.57. The number of amides is 1. The van der Waals surface area contributed by atoms with Gasteiger partial charge in [-0.25, -0.2) is 8.78 Å². The van der Waals surface area contributed by atoms with E-state index in [4.69, 9.17) is 4.74 Å². The summed E-state index contributed by atoms with van der Waals surface area (Å²) in [6.45, 7) is 0.293. The van der Waals surface area contributed by atoms with Crippen LogP contribution in [0.3, 0.4) is 0 Å². The highest BCUT2D eigenvalue weighted by molar-refractivity contribution is 7.98. The maximum absolute atomic E-state index is 15.2. The molecule has 7 nitrogen and oxygen atoms in total. The number of hydrogen-bond acceptors (Lipinski definition) is 6. The number of carbonyl (C=O) groups excluding carboxylic acids is 1. The molecular formula is C27H25F2N3O4S. The van der Waals surface area contributed by atoms with Gasteiger partial charge in [-0.15, -0.1) is 11.8 Å². The predicted molar refractivity (Wildman–Crippen MR) is 134 cm³/mol. The summed E-state index contributed by atoms with van der Waals surface area (Å²) >= 11 is 1.43. The van der Waals surface area contributed by atoms with Crippen molar-refractivity contribution < 1.29 is 23.4 Å². The zero-order valence-electron chi connectivity index (χ0n) is 20.1. The summed E-state index contributed by atoms with van der Waals surface area (Å²) in [5.74, 6) is -2.67. The molecule has 1 amide bonds. The Labute approximate surface area is 216 Å². The molecule has 1 aromatic heterocycles. The van der Waals surface area contributed by atoms with Crippen LogP contribution in [0.4, 0.5) is 8.78 Å². The predicted octanol–water partition coefficient (Wildman–Crippen LogP) is 4.15. The Morgan fingerprint density at radius 2 is 1.89 bits per heavy atom. The van der Waals surface area contributed by atoms with Crippen molar-refractivity contribution in [3.05, 3.63) is 92.9 Å². The van der Waals surface area contributed by atoms with Crippen molar-refractivity contribution in [1.82, 2.24) is 9.58 Å². The third-order valence-electron chi connectivity index (χ3n) is 7.50. The topological polar surface area (TPSA) is 75.0 Å². The number of ether oxygens (including phenoxy) is 1. The van der Waals surface area contributed by atoms with E-state index in [-0.39, 0.29) is 23.1 Å². The number of methoxy groups -OCH3 is 1. The van der Waals surface area contributed by atoms with Crippen LogP contribution >= 0.6 is 11.8 Å². The Morgan fingerprint density at radius 3 is 2.70 bits per heavy atom. The lowest BCUT2D eigenvalue weighted by Gasteiger charge is -2.54. The zero-order chi connectivity index (χ0) is 25.8. The number of halogens is 2. The number of benzene rings is 2. The van der Waals surface area contributed by atoms with Crippen LogP contribution in [0.1, 0.15) is 52.5 Å². The molecule has 37 heavy (non-hydrogen) atoms. The first-order valence-electron chi connectivity index (χ1n) is 12.2. The smallest absolute Gasteiger partial charge is 0.278 e. The number of fused-ring (bicyclic) bond motifs is 4. The summed E-state index contributed by atoms with van der Waals surface area (Å²) < 4.78 is 36.6. The number of aromatic nitrogens is 1. The van der Waals surface area contributed by atoms with Gasteiger partial charge in [0.15, 0.2) is 23.1 Å². The molecule has 0 spiro atoms. The lowest BCUT2D eigenvalue weighted by atomic mass is 9.91. The van der Waals surface area contributed by atoms with Gasteiger partial charge < -0.3 is 14.7 Å². The molecule has 0 aliphatic carbocycles. The minimum atomic E-state index is -0.918. The first-order valence-corrected chi connectivity index (χ1v) is 13.1. The monoisotopic (exact) mass is 525 g/mol. The fourth-order valence-electron chi connectivity index (χ4n) is 5.90. The number of piperidine rings is 1. The van der Waals surface area contributed by atoms with Crippen LogP contribution in [0.25, 0.3) is 0 Å². The van der Waals surface area contributed by atoms with Crippen molar-refractivity contribution >= 4 is 17.7 Å². The Balaban J connectivity index is 1.66. The van der Waals surface area contributed by atoms with Gasteiger partial charge in [0.25, 0.3) is 5.91 Å². The molecule has 2 aromatic carbocycles. The van der Waals surface area contributed by atoms with E-state index in [0.29, 0.717) is 25.0 Å². The van der Waals surface area contributed by atoms with Crippen LogP contribution in [-0.2, 0) is 10.5 Å². The van der Waals surface area contributed by atoms with Crippen molar-refractivity contribution in [3.63, 3.8) is 0 Å². The van der Waals surface area contributed by atoms with Crippen LogP contribution in [0.2, 0.25) is 0 Å². The maximum atomic E-state index is 15.2. The highest BCUT2D eigenvalue weighted by atomic mass is 32.2. The van der Waals surface area contributed by atoms with Gasteiger partial charge in [-0.1, -0.05) is 24.3 Å². The molecule has 1 N–H and O–H groups in total. The minimum Gasteiger partial charge on any atom is -0.502 e. The van der Waals surface area contributed by atoms with Crippen LogP contribution < -0.4 is 10.4 Å². The maximum Gasteiger partial charge on any atom is 0.278 e. The minimum absolute atomic E-state index is 0.148. The van der Waals surface area contributed by atoms with Crippen LogP contribution in [0.15, 0.2) is 58.4 Å². The quantitative estimate of drug-likeness (QED) is 0.554. The third kappa shape index (κ3) is 3.65. The normalized spacial score (nSPS) is 22.6. The Hall–Kier alpha value is -3.37. The van der Waals surface area contributed by atoms with E-state index in [1.165, 1.54) is 28.7 Å². The van der Waals surface area contributed by atoms with Crippen molar-refractivity contribution in [2.75, 3.05) is 18.7 Å². The molecule has 0 bridgehead atoms. The standard InChI is InChI=1S/C27H25F2N3O4S/c1-36-13-15-5-4-8-22-31(15)27(35)25-26(34)20(33)11-12-30(25)32(22)24-16-9-10-19(28)23(29)18(16)14-37-21-7-3-2-6-17(21)24/h2-3,6-7,9-12,15,22,24,34H,4-5,8,13-14H2,1H3/t15?,22-,24+/m1/s1. The summed E-state index contributed by atoms with van der Waals surface area (Å²) in [5, 5.41) is 12.7. The van der Waals surface area contributed by atoms with Gasteiger partial charge in [0.1, 0.15) is 6.17 Å². The number of hydrogen-bond donors (Lipinski definition) is 1. The van der Waals surface area contributed by atoms with Crippen molar-refractivity contribution in [1.29, 1.82) is 0 Å². The molecule has 1 saturated heterocycles. The molecule has 0 saturated carbocycles. The first kappa shape index (κ1) is 24.0. The fraction of sp³-hybridized carbons (Fsp3) is 0.333. The van der Waals surface area contributed by atoms with Crippen LogP contribution in [0, 0.1) is 11.6 Å². The van der Waals surface area contributed by atoms with E-state index in [1.807, 2.05) is 29.3 Å². The number of aromatic hydroxyl groups is 1. The van der Waals surface area contributed by atoms with E-state index >= 15 is 4.39 Å². The molecule has 6 rings (SSSR count). The summed E-state index contributed by atoms with van der Waals surface area (Å²) in [6.07, 6.45) is 3.14. The molecule has 0 radical (unpaired) electrons. The highest BCUT2D eigenvalue weighted by Gasteiger charge is 2.48. The second kappa shape index (κ2) is 9.18. The second-order valence-corrected chi connectivity index (χ2v) is 10.5. The average molecular weight is 526 g/mol. The lowest BCUT2D eigenvalue weighted by Crippen LogP contribution is -2.66. The first-order chi connectivity index (χ1) is 17.9. The number of nitrogens with zero attached hydrogens (tertiary/aromatic N) is 3. The second-order valence-electron chi connectivity index (χ2n) is 9.49. The van der Waals surface area contributed by atoms with Gasteiger partial charge in [-0.2, -0.15) is 0 Å². The van der Waals surface area contributed by atoms with E-state index < -0.39 is 40.9 Å². The van der Waals surface area contributed by atoms with Gasteiger partial charge in [0.05, 0.1) is 18.7 Å². The van der Waals surface area contributed by atoms with E-state index in [1.54, 1.807) is 18.1 Å². The van der Waals surface area contributed by atoms with Gasteiger partial charge in [0.2, 0.25) is 5.43 Å². The molecule has 1 fully saturated rings. The number of rotatable bonds is 3. The van der Waals surface area contributed by atoms with Gasteiger partial charge in [-0.05, 0) is 42.5 Å². The van der Waals surface area contributed by atoms with Crippen molar-refractivity contribution in [3.8, 4) is 5.75 Å². The Bertz CT molecular complexity index is 1460. The molecule has 192 valence electrons. The average Bonchev–Trinajstić information content (AvgIpc) is 3.06. The Kier molecular flexibility index (Phi) is 5.95. The van der Waals surface area contributed by atoms with Gasteiger partial charge in [-0.3, -0.25) is 19.3 Å². The molecule has 3 aliphatic heterocycles. The number of pyridine rings is 1. The lowest BCUT2D eigenvalue weighted by molar-refractivity contribution is 0.00609. The summed E-state index contributed by atoms with van der Waals surface area (Å²) in [5.41, 5.74) is 0.882. The number of thioether (sulfide) groups is 1. The van der Waals surface area contributed by atoms with Crippen molar-refractivity contribution in [2.45, 2.75) is 48.2 Å². The van der Waals surface area contributed by atoms with Gasteiger partial charge >= 0.3 is 0 Å². The fourth-order valence-corrected chi connectivity index (χ4v) is 7.01. The zero-order valence-corrected chi connectivity index (χ0v) is 20.9. The van der Waals surface area contributed by atoms with E-state index in [9.17, 15) is 19.1 Å². The molecule has 3 aromatic rings. The van der Waals surface area contributed by atoms with Crippen LogP contribution in [-0.4, -0.2) is 46.5 Å². The van der Waals surface area contributed by atoms with Gasteiger partial charge in [0, 0.05) is 35.6 Å². The van der Waals surface area contributed by atoms with E-state index in [2.05, 4.69) is 0 Å². The van der Waals surface area contributed by atoms with Crippen LogP contribution in [0.5, 0.6) is 5.75 Å². The molecule has 3 aliphatic rings. The third-order valence-corrected chi connectivity index (χ3v) is 8.61. The molecule has 4 heterocycles. The summed E-state index contributed by atoms with van der Waals surface area (Å²) in [4.78, 5) is 28.8.